The van der Waals surface area contributed by atoms with Crippen molar-refractivity contribution in [1.82, 2.24) is 9.78 Å². The van der Waals surface area contributed by atoms with Crippen LogP contribution in [0.3, 0.4) is 0 Å². The average Bonchev–Trinajstić information content (AvgIpc) is 3.05. The molecule has 0 saturated carbocycles. The lowest BCUT2D eigenvalue weighted by Gasteiger charge is -2.51. The molecule has 4 rings (SSSR count). The second kappa shape index (κ2) is 5.23. The Morgan fingerprint density at radius 3 is 2.64 bits per heavy atom. The molecule has 1 heterocycles. The van der Waals surface area contributed by atoms with Gasteiger partial charge in [-0.1, -0.05) is 39.0 Å². The van der Waals surface area contributed by atoms with Crippen LogP contribution in [-0.2, 0) is 11.8 Å². The number of para-hydroxylation sites is 1. The van der Waals surface area contributed by atoms with Gasteiger partial charge in [-0.3, -0.25) is 0 Å². The SMILES string of the molecule is CC1(C)C(O)=C(C#N)C[C@]2(C)c3nn(-c4ccccc4)cc3CC[C@@H]12. The van der Waals surface area contributed by atoms with Gasteiger partial charge in [-0.15, -0.1) is 0 Å². The van der Waals surface area contributed by atoms with Crippen molar-refractivity contribution < 1.29 is 5.11 Å². The Hall–Kier alpha value is -2.54. The third kappa shape index (κ3) is 2.15. The highest BCUT2D eigenvalue weighted by Gasteiger charge is 2.54. The first-order valence-corrected chi connectivity index (χ1v) is 8.85. The Morgan fingerprint density at radius 2 is 1.96 bits per heavy atom. The Kier molecular flexibility index (Phi) is 3.34. The van der Waals surface area contributed by atoms with Crippen LogP contribution in [-0.4, -0.2) is 14.9 Å². The molecule has 1 N–H and O–H groups in total. The Labute approximate surface area is 148 Å². The van der Waals surface area contributed by atoms with E-state index in [1.807, 2.05) is 22.9 Å². The van der Waals surface area contributed by atoms with Gasteiger partial charge >= 0.3 is 0 Å². The summed E-state index contributed by atoms with van der Waals surface area (Å²) in [6.07, 6.45) is 4.65. The molecule has 0 bridgehead atoms. The van der Waals surface area contributed by atoms with E-state index in [-0.39, 0.29) is 17.1 Å². The summed E-state index contributed by atoms with van der Waals surface area (Å²) < 4.78 is 1.95. The van der Waals surface area contributed by atoms with E-state index in [9.17, 15) is 10.4 Å². The van der Waals surface area contributed by atoms with E-state index in [2.05, 4.69) is 45.2 Å². The molecule has 4 heteroatoms. The molecule has 1 aromatic heterocycles. The molecule has 0 radical (unpaired) electrons. The summed E-state index contributed by atoms with van der Waals surface area (Å²) in [6, 6.07) is 12.4. The largest absolute Gasteiger partial charge is 0.511 e. The summed E-state index contributed by atoms with van der Waals surface area (Å²) in [7, 11) is 0. The number of nitriles is 1. The molecule has 0 fully saturated rings. The fraction of sp³-hybridized carbons (Fsp3) is 0.429. The smallest absolute Gasteiger partial charge is 0.112 e. The number of hydrogen-bond acceptors (Lipinski definition) is 3. The summed E-state index contributed by atoms with van der Waals surface area (Å²) in [4.78, 5) is 0. The summed E-state index contributed by atoms with van der Waals surface area (Å²) >= 11 is 0. The van der Waals surface area contributed by atoms with E-state index in [4.69, 9.17) is 5.10 Å². The number of aliphatic hydroxyl groups excluding tert-OH is 1. The quantitative estimate of drug-likeness (QED) is 0.838. The molecule has 4 nitrogen and oxygen atoms in total. The number of hydrogen-bond donors (Lipinski definition) is 1. The van der Waals surface area contributed by atoms with Gasteiger partial charge in [0, 0.05) is 17.0 Å². The monoisotopic (exact) mass is 333 g/mol. The van der Waals surface area contributed by atoms with Gasteiger partial charge in [0.05, 0.1) is 23.0 Å². The van der Waals surface area contributed by atoms with Gasteiger partial charge in [-0.05, 0) is 42.9 Å². The lowest BCUT2D eigenvalue weighted by Crippen LogP contribution is -2.49. The van der Waals surface area contributed by atoms with Gasteiger partial charge in [0.25, 0.3) is 0 Å². The van der Waals surface area contributed by atoms with Crippen LogP contribution in [0.25, 0.3) is 5.69 Å². The zero-order chi connectivity index (χ0) is 17.8. The highest BCUT2D eigenvalue weighted by molar-refractivity contribution is 5.43. The first kappa shape index (κ1) is 16.0. The molecule has 0 spiro atoms. The third-order valence-corrected chi connectivity index (χ3v) is 6.27. The fourth-order valence-electron chi connectivity index (χ4n) is 5.03. The van der Waals surface area contributed by atoms with Gasteiger partial charge in [-0.2, -0.15) is 10.4 Å². The van der Waals surface area contributed by atoms with Crippen molar-refractivity contribution in [3.05, 3.63) is 59.1 Å². The van der Waals surface area contributed by atoms with Crippen LogP contribution in [0.2, 0.25) is 0 Å². The minimum absolute atomic E-state index is 0.228. The summed E-state index contributed by atoms with van der Waals surface area (Å²) in [5, 5.41) is 25.1. The van der Waals surface area contributed by atoms with Gasteiger partial charge in [-0.25, -0.2) is 4.68 Å². The van der Waals surface area contributed by atoms with Gasteiger partial charge in [0.2, 0.25) is 0 Å². The molecule has 128 valence electrons. The molecule has 25 heavy (non-hydrogen) atoms. The van der Waals surface area contributed by atoms with Crippen LogP contribution in [0.1, 0.15) is 44.9 Å². The number of aliphatic hydroxyl groups is 1. The lowest BCUT2D eigenvalue weighted by atomic mass is 9.52. The van der Waals surface area contributed by atoms with Crippen LogP contribution in [0.15, 0.2) is 47.9 Å². The van der Waals surface area contributed by atoms with Crippen molar-refractivity contribution >= 4 is 0 Å². The maximum Gasteiger partial charge on any atom is 0.112 e. The lowest BCUT2D eigenvalue weighted by molar-refractivity contribution is 0.0633. The van der Waals surface area contributed by atoms with Crippen LogP contribution in [0.4, 0.5) is 0 Å². The molecule has 2 aliphatic carbocycles. The van der Waals surface area contributed by atoms with E-state index in [0.29, 0.717) is 12.0 Å². The van der Waals surface area contributed by atoms with Crippen LogP contribution >= 0.6 is 0 Å². The average molecular weight is 333 g/mol. The number of nitrogens with zero attached hydrogens (tertiary/aromatic N) is 3. The van der Waals surface area contributed by atoms with Crippen molar-refractivity contribution in [2.75, 3.05) is 0 Å². The second-order valence-corrected chi connectivity index (χ2v) is 8.13. The Bertz CT molecular complexity index is 901. The van der Waals surface area contributed by atoms with Gasteiger partial charge < -0.3 is 5.11 Å². The predicted octanol–water partition coefficient (Wildman–Crippen LogP) is 4.46. The highest BCUT2D eigenvalue weighted by Crippen LogP contribution is 2.57. The molecule has 0 amide bonds. The topological polar surface area (TPSA) is 61.8 Å². The van der Waals surface area contributed by atoms with E-state index in [1.54, 1.807) is 0 Å². The van der Waals surface area contributed by atoms with Crippen LogP contribution < -0.4 is 0 Å². The zero-order valence-electron chi connectivity index (χ0n) is 15.0. The molecule has 0 unspecified atom stereocenters. The maximum absolute atomic E-state index is 10.6. The zero-order valence-corrected chi connectivity index (χ0v) is 15.0. The van der Waals surface area contributed by atoms with Gasteiger partial charge in [0.1, 0.15) is 5.76 Å². The minimum atomic E-state index is -0.410. The summed E-state index contributed by atoms with van der Waals surface area (Å²) in [6.45, 7) is 6.32. The molecule has 2 aromatic rings. The first-order chi connectivity index (χ1) is 11.9. The number of fused-ring (bicyclic) bond motifs is 3. The maximum atomic E-state index is 10.6. The molecular weight excluding hydrogens is 310 g/mol. The van der Waals surface area contributed by atoms with Crippen LogP contribution in [0.5, 0.6) is 0 Å². The van der Waals surface area contributed by atoms with Gasteiger partial charge in [0.15, 0.2) is 0 Å². The third-order valence-electron chi connectivity index (χ3n) is 6.27. The van der Waals surface area contributed by atoms with E-state index in [1.165, 1.54) is 5.56 Å². The van der Waals surface area contributed by atoms with E-state index in [0.717, 1.165) is 24.2 Å². The molecule has 2 atom stereocenters. The van der Waals surface area contributed by atoms with Crippen molar-refractivity contribution in [2.24, 2.45) is 11.3 Å². The molecule has 0 aliphatic heterocycles. The first-order valence-electron chi connectivity index (χ1n) is 8.85. The second-order valence-electron chi connectivity index (χ2n) is 8.13. The number of benzene rings is 1. The predicted molar refractivity (Wildman–Crippen MR) is 96.4 cm³/mol. The van der Waals surface area contributed by atoms with Crippen LogP contribution in [0, 0.1) is 22.7 Å². The van der Waals surface area contributed by atoms with E-state index < -0.39 is 5.41 Å². The summed E-state index contributed by atoms with van der Waals surface area (Å²) in [5.41, 5.74) is 3.26. The van der Waals surface area contributed by atoms with Crippen molar-refractivity contribution in [3.8, 4) is 11.8 Å². The minimum Gasteiger partial charge on any atom is -0.511 e. The normalized spacial score (nSPS) is 27.4. The summed E-state index contributed by atoms with van der Waals surface area (Å²) in [5.74, 6) is 0.534. The Balaban J connectivity index is 1.86. The van der Waals surface area contributed by atoms with Crippen molar-refractivity contribution in [1.29, 1.82) is 5.26 Å². The molecule has 2 aliphatic rings. The number of allylic oxidation sites excluding steroid dienone is 2. The molecule has 1 aromatic carbocycles. The number of rotatable bonds is 1. The highest BCUT2D eigenvalue weighted by atomic mass is 16.3. The Morgan fingerprint density at radius 1 is 1.24 bits per heavy atom. The van der Waals surface area contributed by atoms with Crippen molar-refractivity contribution in [2.45, 2.75) is 45.4 Å². The standard InChI is InChI=1S/C21H23N3O/c1-20(2)17-10-9-14-13-24(16-7-5-4-6-8-16)23-18(14)21(17,3)11-15(12-22)19(20)25/h4-8,13,17,25H,9-11H2,1-3H3/t17-,21-/m0/s1. The fourth-order valence-corrected chi connectivity index (χ4v) is 5.03. The van der Waals surface area contributed by atoms with E-state index >= 15 is 0 Å². The molecule has 0 saturated heterocycles. The number of aromatic nitrogens is 2. The van der Waals surface area contributed by atoms with Crippen molar-refractivity contribution in [3.63, 3.8) is 0 Å². The molecular formula is C21H23N3O. The number of aryl methyl sites for hydroxylation is 1.